The number of aryl methyl sites for hydroxylation is 1. The normalized spacial score (nSPS) is 12.2. The number of carbonyl (C=O) groups excluding carboxylic acids is 1. The van der Waals surface area contributed by atoms with Crippen molar-refractivity contribution in [3.8, 4) is 0 Å². The maximum Gasteiger partial charge on any atom is 0.229 e. The van der Waals surface area contributed by atoms with Crippen LogP contribution in [0.5, 0.6) is 0 Å². The molecule has 2 aromatic heterocycles. The second-order valence-electron chi connectivity index (χ2n) is 6.72. The van der Waals surface area contributed by atoms with E-state index in [-0.39, 0.29) is 17.6 Å². The first-order chi connectivity index (χ1) is 13.2. The molecule has 1 atom stereocenters. The molecule has 0 fully saturated rings. The van der Waals surface area contributed by atoms with Gasteiger partial charge in [-0.1, -0.05) is 24.6 Å². The van der Waals surface area contributed by atoms with Crippen molar-refractivity contribution in [3.05, 3.63) is 62.9 Å². The molecule has 0 saturated carbocycles. The maximum atomic E-state index is 13.2. The predicted octanol–water partition coefficient (Wildman–Crippen LogP) is 4.57. The molecule has 0 saturated heterocycles. The second-order valence-corrected chi connectivity index (χ2v) is 7.92. The number of nitrogens with one attached hydrogen (secondary N) is 1. The Balaban J connectivity index is 1.62. The van der Waals surface area contributed by atoms with E-state index in [1.807, 2.05) is 25.5 Å². The first-order valence-corrected chi connectivity index (χ1v) is 9.88. The molecule has 0 aliphatic rings. The summed E-state index contributed by atoms with van der Waals surface area (Å²) in [4.78, 5) is 12.5. The van der Waals surface area contributed by atoms with Gasteiger partial charge in [0.15, 0.2) is 0 Å². The maximum absolute atomic E-state index is 13.2. The molecule has 0 aliphatic heterocycles. The van der Waals surface area contributed by atoms with E-state index in [1.165, 1.54) is 12.1 Å². The number of carbonyl (C=O) groups is 1. The van der Waals surface area contributed by atoms with Crippen LogP contribution in [0.3, 0.4) is 0 Å². The molecule has 0 aliphatic carbocycles. The van der Waals surface area contributed by atoms with Crippen molar-refractivity contribution < 1.29 is 9.18 Å². The Kier molecular flexibility index (Phi) is 6.20. The van der Waals surface area contributed by atoms with Crippen LogP contribution in [-0.4, -0.2) is 25.5 Å². The Morgan fingerprint density at radius 3 is 2.79 bits per heavy atom. The van der Waals surface area contributed by atoms with Crippen LogP contribution in [0.2, 0.25) is 5.02 Å². The lowest BCUT2D eigenvalue weighted by atomic mass is 10.1. The number of aromatic nitrogens is 4. The molecule has 0 spiro atoms. The number of halogens is 3. The summed E-state index contributed by atoms with van der Waals surface area (Å²) in [5, 5.41) is 11.9. The highest BCUT2D eigenvalue weighted by molar-refractivity contribution is 9.10. The van der Waals surface area contributed by atoms with Gasteiger partial charge in [0.2, 0.25) is 5.91 Å². The monoisotopic (exact) mass is 467 g/mol. The van der Waals surface area contributed by atoms with Gasteiger partial charge in [0.1, 0.15) is 5.82 Å². The number of nitrogens with zero attached hydrogens (tertiary/aromatic N) is 4. The molecule has 0 bridgehead atoms. The molecule has 148 valence electrons. The zero-order valence-electron chi connectivity index (χ0n) is 15.7. The predicted molar refractivity (Wildman–Crippen MR) is 110 cm³/mol. The van der Waals surface area contributed by atoms with Crippen molar-refractivity contribution in [1.82, 2.24) is 19.6 Å². The van der Waals surface area contributed by atoms with Gasteiger partial charge >= 0.3 is 0 Å². The molecule has 2 heterocycles. The quantitative estimate of drug-likeness (QED) is 0.576. The van der Waals surface area contributed by atoms with Gasteiger partial charge in [-0.15, -0.1) is 0 Å². The molecule has 1 N–H and O–H groups in total. The highest BCUT2D eigenvalue weighted by atomic mass is 79.9. The minimum Gasteiger partial charge on any atom is -0.323 e. The second kappa shape index (κ2) is 8.45. The molecule has 1 aromatic carbocycles. The average Bonchev–Trinajstić information content (AvgIpc) is 3.17. The zero-order chi connectivity index (χ0) is 20.4. The number of hydrogen-bond acceptors (Lipinski definition) is 3. The number of hydrogen-bond donors (Lipinski definition) is 1. The van der Waals surface area contributed by atoms with Crippen molar-refractivity contribution in [2.24, 2.45) is 5.92 Å². The summed E-state index contributed by atoms with van der Waals surface area (Å²) in [7, 11) is 0. The van der Waals surface area contributed by atoms with E-state index in [0.717, 1.165) is 21.4 Å². The van der Waals surface area contributed by atoms with Gasteiger partial charge in [0.05, 0.1) is 41.1 Å². The summed E-state index contributed by atoms with van der Waals surface area (Å²) < 4.78 is 17.6. The third-order valence-corrected chi connectivity index (χ3v) is 5.94. The fourth-order valence-electron chi connectivity index (χ4n) is 2.80. The van der Waals surface area contributed by atoms with Crippen molar-refractivity contribution in [1.29, 1.82) is 0 Å². The molecule has 28 heavy (non-hydrogen) atoms. The first-order valence-electron chi connectivity index (χ1n) is 8.71. The molecular formula is C19H20BrClFN5O. The topological polar surface area (TPSA) is 64.7 Å². The summed E-state index contributed by atoms with van der Waals surface area (Å²) in [5.74, 6) is -0.784. The Labute approximate surface area is 175 Å². The standard InChI is InChI=1S/C19H20BrClFN5O/c1-11(8-27-13(3)18(20)12(2)25-27)19(28)24-16-7-23-26(10-16)9-14-4-5-15(22)6-17(14)21/h4-7,10-11H,8-9H2,1-3H3,(H,24,28). The minimum absolute atomic E-state index is 0.122. The molecule has 1 amide bonds. The van der Waals surface area contributed by atoms with Gasteiger partial charge in [-0.2, -0.15) is 10.2 Å². The lowest BCUT2D eigenvalue weighted by molar-refractivity contribution is -0.119. The summed E-state index contributed by atoms with van der Waals surface area (Å²) in [6.07, 6.45) is 3.28. The van der Waals surface area contributed by atoms with Crippen molar-refractivity contribution in [2.75, 3.05) is 5.32 Å². The van der Waals surface area contributed by atoms with Crippen LogP contribution in [-0.2, 0) is 17.9 Å². The smallest absolute Gasteiger partial charge is 0.229 e. The van der Waals surface area contributed by atoms with Gasteiger partial charge in [-0.3, -0.25) is 14.2 Å². The van der Waals surface area contributed by atoms with Crippen LogP contribution in [0.15, 0.2) is 35.1 Å². The summed E-state index contributed by atoms with van der Waals surface area (Å²) in [5.41, 5.74) is 3.21. The van der Waals surface area contributed by atoms with Gasteiger partial charge in [0.25, 0.3) is 0 Å². The van der Waals surface area contributed by atoms with Crippen LogP contribution in [0.25, 0.3) is 0 Å². The first kappa shape index (κ1) is 20.5. The lowest BCUT2D eigenvalue weighted by Crippen LogP contribution is -2.25. The van der Waals surface area contributed by atoms with Crippen molar-refractivity contribution in [3.63, 3.8) is 0 Å². The highest BCUT2D eigenvalue weighted by Crippen LogP contribution is 2.21. The molecule has 9 heteroatoms. The molecule has 3 rings (SSSR count). The molecule has 0 radical (unpaired) electrons. The van der Waals surface area contributed by atoms with Crippen LogP contribution >= 0.6 is 27.5 Å². The molecule has 3 aromatic rings. The summed E-state index contributed by atoms with van der Waals surface area (Å²) >= 11 is 9.55. The minimum atomic E-state index is -0.384. The third-order valence-electron chi connectivity index (χ3n) is 4.44. The third kappa shape index (κ3) is 4.62. The van der Waals surface area contributed by atoms with Gasteiger partial charge in [-0.25, -0.2) is 4.39 Å². The van der Waals surface area contributed by atoms with Crippen LogP contribution in [0, 0.1) is 25.6 Å². The molecule has 1 unspecified atom stereocenters. The summed E-state index contributed by atoms with van der Waals surface area (Å²) in [6, 6.07) is 4.24. The lowest BCUT2D eigenvalue weighted by Gasteiger charge is -2.12. The van der Waals surface area contributed by atoms with Crippen LogP contribution < -0.4 is 5.32 Å². The van der Waals surface area contributed by atoms with Gasteiger partial charge < -0.3 is 5.32 Å². The number of amides is 1. The number of rotatable bonds is 6. The highest BCUT2D eigenvalue weighted by Gasteiger charge is 2.18. The fraction of sp³-hybridized carbons (Fsp3) is 0.316. The van der Waals surface area contributed by atoms with Crippen LogP contribution in [0.1, 0.15) is 23.9 Å². The number of anilines is 1. The van der Waals surface area contributed by atoms with Crippen molar-refractivity contribution >= 4 is 39.1 Å². The van der Waals surface area contributed by atoms with E-state index >= 15 is 0 Å². The zero-order valence-corrected chi connectivity index (χ0v) is 18.1. The van der Waals surface area contributed by atoms with Gasteiger partial charge in [-0.05, 0) is 47.5 Å². The molecule has 6 nitrogen and oxygen atoms in total. The summed E-state index contributed by atoms with van der Waals surface area (Å²) in [6.45, 7) is 6.58. The Morgan fingerprint density at radius 1 is 1.39 bits per heavy atom. The van der Waals surface area contributed by atoms with E-state index in [0.29, 0.717) is 23.8 Å². The van der Waals surface area contributed by atoms with E-state index in [1.54, 1.807) is 23.1 Å². The Morgan fingerprint density at radius 2 is 2.14 bits per heavy atom. The Bertz CT molecular complexity index is 1020. The molecular weight excluding hydrogens is 449 g/mol. The van der Waals surface area contributed by atoms with Crippen LogP contribution in [0.4, 0.5) is 10.1 Å². The van der Waals surface area contributed by atoms with Crippen molar-refractivity contribution in [2.45, 2.75) is 33.9 Å². The number of benzene rings is 1. The van der Waals surface area contributed by atoms with E-state index in [9.17, 15) is 9.18 Å². The average molecular weight is 469 g/mol. The van der Waals surface area contributed by atoms with E-state index in [4.69, 9.17) is 11.6 Å². The van der Waals surface area contributed by atoms with E-state index < -0.39 is 0 Å². The van der Waals surface area contributed by atoms with E-state index in [2.05, 4.69) is 31.4 Å². The van der Waals surface area contributed by atoms with Gasteiger partial charge in [0, 0.05) is 16.9 Å². The Hall–Kier alpha value is -2.19. The largest absolute Gasteiger partial charge is 0.323 e. The fourth-order valence-corrected chi connectivity index (χ4v) is 3.31. The SMILES string of the molecule is Cc1nn(CC(C)C(=O)Nc2cnn(Cc3ccc(F)cc3Cl)c2)c(C)c1Br.